The van der Waals surface area contributed by atoms with Crippen molar-refractivity contribution in [3.05, 3.63) is 71.0 Å². The van der Waals surface area contributed by atoms with Gasteiger partial charge in [-0.05, 0) is 30.3 Å². The molecule has 0 radical (unpaired) electrons. The second kappa shape index (κ2) is 7.96. The first-order chi connectivity index (χ1) is 13.7. The van der Waals surface area contributed by atoms with Crippen molar-refractivity contribution in [1.29, 1.82) is 0 Å². The minimum atomic E-state index is -4.81. The Morgan fingerprint density at radius 1 is 1.07 bits per heavy atom. The highest BCUT2D eigenvalue weighted by molar-refractivity contribution is 6.34. The van der Waals surface area contributed by atoms with Gasteiger partial charge in [-0.3, -0.25) is 9.59 Å². The molecule has 0 aliphatic heterocycles. The Bertz CT molecular complexity index is 1070. The maximum Gasteiger partial charge on any atom is 0.434 e. The SMILES string of the molecule is CC(=O)Nc1ccc(NC(=O)c2cnn(-c3ccccc3)c2C(F)(F)F)cc1Cl. The van der Waals surface area contributed by atoms with Crippen molar-refractivity contribution in [2.75, 3.05) is 10.6 Å². The van der Waals surface area contributed by atoms with Crippen LogP contribution in [0.1, 0.15) is 23.0 Å². The molecule has 2 aromatic carbocycles. The molecular formula is C19H14ClF3N4O2. The molecule has 2 amide bonds. The van der Waals surface area contributed by atoms with Gasteiger partial charge in [-0.2, -0.15) is 18.3 Å². The molecule has 0 saturated carbocycles. The third-order valence-corrected chi connectivity index (χ3v) is 4.13. The van der Waals surface area contributed by atoms with Crippen molar-refractivity contribution < 1.29 is 22.8 Å². The average Bonchev–Trinajstić information content (AvgIpc) is 3.10. The molecule has 1 heterocycles. The summed E-state index contributed by atoms with van der Waals surface area (Å²) in [6.45, 7) is 1.30. The van der Waals surface area contributed by atoms with E-state index in [1.54, 1.807) is 18.2 Å². The predicted octanol–water partition coefficient (Wildman–Crippen LogP) is 4.76. The van der Waals surface area contributed by atoms with Gasteiger partial charge < -0.3 is 10.6 Å². The molecule has 2 N–H and O–H groups in total. The second-order valence-electron chi connectivity index (χ2n) is 5.98. The van der Waals surface area contributed by atoms with E-state index in [0.717, 1.165) is 6.20 Å². The lowest BCUT2D eigenvalue weighted by Gasteiger charge is -2.13. The number of amides is 2. The molecule has 1 aromatic heterocycles. The van der Waals surface area contributed by atoms with Gasteiger partial charge in [0.25, 0.3) is 5.91 Å². The first-order valence-corrected chi connectivity index (χ1v) is 8.63. The number of anilines is 2. The summed E-state index contributed by atoms with van der Waals surface area (Å²) in [5.41, 5.74) is -1.19. The van der Waals surface area contributed by atoms with Crippen LogP contribution in [-0.4, -0.2) is 21.6 Å². The van der Waals surface area contributed by atoms with Gasteiger partial charge in [0.15, 0.2) is 5.69 Å². The number of hydrogen-bond donors (Lipinski definition) is 2. The minimum absolute atomic E-state index is 0.119. The van der Waals surface area contributed by atoms with E-state index in [1.165, 1.54) is 37.3 Å². The largest absolute Gasteiger partial charge is 0.434 e. The highest BCUT2D eigenvalue weighted by Gasteiger charge is 2.40. The predicted molar refractivity (Wildman–Crippen MR) is 102 cm³/mol. The first-order valence-electron chi connectivity index (χ1n) is 8.26. The Balaban J connectivity index is 1.93. The van der Waals surface area contributed by atoms with Crippen molar-refractivity contribution >= 4 is 34.8 Å². The zero-order valence-electron chi connectivity index (χ0n) is 14.9. The molecule has 10 heteroatoms. The molecule has 29 heavy (non-hydrogen) atoms. The Hall–Kier alpha value is -3.33. The number of halogens is 4. The molecule has 0 aliphatic rings. The van der Waals surface area contributed by atoms with E-state index < -0.39 is 23.3 Å². The number of rotatable bonds is 4. The normalized spacial score (nSPS) is 11.2. The van der Waals surface area contributed by atoms with Gasteiger partial charge in [0.05, 0.1) is 28.2 Å². The van der Waals surface area contributed by atoms with E-state index in [4.69, 9.17) is 11.6 Å². The number of aromatic nitrogens is 2. The quantitative estimate of drug-likeness (QED) is 0.636. The van der Waals surface area contributed by atoms with Gasteiger partial charge in [0.2, 0.25) is 5.91 Å². The summed E-state index contributed by atoms with van der Waals surface area (Å²) in [7, 11) is 0. The lowest BCUT2D eigenvalue weighted by molar-refractivity contribution is -0.143. The van der Waals surface area contributed by atoms with Crippen LogP contribution in [-0.2, 0) is 11.0 Å². The number of nitrogens with zero attached hydrogens (tertiary/aromatic N) is 2. The van der Waals surface area contributed by atoms with E-state index in [2.05, 4.69) is 15.7 Å². The Morgan fingerprint density at radius 3 is 2.34 bits per heavy atom. The van der Waals surface area contributed by atoms with Crippen LogP contribution < -0.4 is 10.6 Å². The molecule has 6 nitrogen and oxygen atoms in total. The van der Waals surface area contributed by atoms with E-state index >= 15 is 0 Å². The Morgan fingerprint density at radius 2 is 1.76 bits per heavy atom. The summed E-state index contributed by atoms with van der Waals surface area (Å²) >= 11 is 6.03. The van der Waals surface area contributed by atoms with Crippen LogP contribution in [0.4, 0.5) is 24.5 Å². The fraction of sp³-hybridized carbons (Fsp3) is 0.105. The molecule has 0 aliphatic carbocycles. The minimum Gasteiger partial charge on any atom is -0.325 e. The molecular weight excluding hydrogens is 409 g/mol. The molecule has 0 saturated heterocycles. The van der Waals surface area contributed by atoms with Crippen LogP contribution in [0.15, 0.2) is 54.7 Å². The van der Waals surface area contributed by atoms with Crippen molar-refractivity contribution in [1.82, 2.24) is 9.78 Å². The lowest BCUT2D eigenvalue weighted by Crippen LogP contribution is -2.20. The Kier molecular flexibility index (Phi) is 5.60. The molecule has 150 valence electrons. The van der Waals surface area contributed by atoms with E-state index in [-0.39, 0.29) is 22.3 Å². The summed E-state index contributed by atoms with van der Waals surface area (Å²) in [4.78, 5) is 23.6. The number of alkyl halides is 3. The molecule has 3 rings (SSSR count). The van der Waals surface area contributed by atoms with Crippen molar-refractivity contribution in [2.24, 2.45) is 0 Å². The zero-order chi connectivity index (χ0) is 21.2. The number of carbonyl (C=O) groups excluding carboxylic acids is 2. The zero-order valence-corrected chi connectivity index (χ0v) is 15.7. The summed E-state index contributed by atoms with van der Waals surface area (Å²) in [5.74, 6) is -1.34. The number of carbonyl (C=O) groups is 2. The lowest BCUT2D eigenvalue weighted by atomic mass is 10.2. The summed E-state index contributed by atoms with van der Waals surface area (Å²) in [5, 5.41) is 8.72. The van der Waals surface area contributed by atoms with Crippen LogP contribution in [0, 0.1) is 0 Å². The van der Waals surface area contributed by atoms with E-state index in [1.807, 2.05) is 0 Å². The van der Waals surface area contributed by atoms with Gasteiger partial charge in [-0.1, -0.05) is 29.8 Å². The Labute approximate surface area is 168 Å². The number of hydrogen-bond acceptors (Lipinski definition) is 3. The van der Waals surface area contributed by atoms with Crippen molar-refractivity contribution in [2.45, 2.75) is 13.1 Å². The smallest absolute Gasteiger partial charge is 0.325 e. The second-order valence-corrected chi connectivity index (χ2v) is 6.39. The van der Waals surface area contributed by atoms with Crippen LogP contribution in [0.2, 0.25) is 5.02 Å². The topological polar surface area (TPSA) is 76.0 Å². The van der Waals surface area contributed by atoms with Crippen LogP contribution in [0.25, 0.3) is 5.69 Å². The third-order valence-electron chi connectivity index (χ3n) is 3.82. The number of benzene rings is 2. The van der Waals surface area contributed by atoms with Gasteiger partial charge in [0, 0.05) is 12.6 Å². The molecule has 3 aromatic rings. The number of para-hydroxylation sites is 1. The summed E-state index contributed by atoms with van der Waals surface area (Å²) < 4.78 is 41.7. The highest BCUT2D eigenvalue weighted by atomic mass is 35.5. The van der Waals surface area contributed by atoms with Crippen LogP contribution in [0.5, 0.6) is 0 Å². The summed E-state index contributed by atoms with van der Waals surface area (Å²) in [6.07, 6.45) is -3.95. The first kappa shape index (κ1) is 20.4. The highest BCUT2D eigenvalue weighted by Crippen LogP contribution is 2.34. The fourth-order valence-electron chi connectivity index (χ4n) is 2.63. The molecule has 0 atom stereocenters. The monoisotopic (exact) mass is 422 g/mol. The van der Waals surface area contributed by atoms with Crippen LogP contribution >= 0.6 is 11.6 Å². The molecule has 0 bridgehead atoms. The average molecular weight is 423 g/mol. The van der Waals surface area contributed by atoms with E-state index in [9.17, 15) is 22.8 Å². The summed E-state index contributed by atoms with van der Waals surface area (Å²) in [6, 6.07) is 11.8. The molecule has 0 fully saturated rings. The third kappa shape index (κ3) is 4.57. The van der Waals surface area contributed by atoms with Crippen molar-refractivity contribution in [3.63, 3.8) is 0 Å². The molecule has 0 unspecified atom stereocenters. The van der Waals surface area contributed by atoms with Gasteiger partial charge in [0.1, 0.15) is 0 Å². The fourth-order valence-corrected chi connectivity index (χ4v) is 2.86. The van der Waals surface area contributed by atoms with Crippen molar-refractivity contribution in [3.8, 4) is 5.69 Å². The molecule has 0 spiro atoms. The number of nitrogens with one attached hydrogen (secondary N) is 2. The van der Waals surface area contributed by atoms with Gasteiger partial charge in [-0.25, -0.2) is 4.68 Å². The van der Waals surface area contributed by atoms with Crippen LogP contribution in [0.3, 0.4) is 0 Å². The van der Waals surface area contributed by atoms with E-state index in [0.29, 0.717) is 10.4 Å². The maximum atomic E-state index is 13.7. The standard InChI is InChI=1S/C19H14ClF3N4O2/c1-11(28)25-16-8-7-12(9-15(16)20)26-18(29)14-10-24-27(17(14)19(21,22)23)13-5-3-2-4-6-13/h2-10H,1H3,(H,25,28)(H,26,29). The van der Waals surface area contributed by atoms with Gasteiger partial charge in [-0.15, -0.1) is 0 Å². The van der Waals surface area contributed by atoms with Gasteiger partial charge >= 0.3 is 6.18 Å². The maximum absolute atomic E-state index is 13.7.